The van der Waals surface area contributed by atoms with Gasteiger partial charge in [0.2, 0.25) is 5.69 Å². The second-order valence-electron chi connectivity index (χ2n) is 2.84. The van der Waals surface area contributed by atoms with Crippen LogP contribution < -0.4 is 4.73 Å². The molecule has 0 saturated heterocycles. The smallest absolute Gasteiger partial charge is 0.200 e. The highest BCUT2D eigenvalue weighted by Crippen LogP contribution is 2.09. The van der Waals surface area contributed by atoms with E-state index in [1.54, 1.807) is 13.0 Å². The highest BCUT2D eigenvalue weighted by atomic mass is 16.5. The van der Waals surface area contributed by atoms with Crippen LogP contribution in [0, 0.1) is 19.1 Å². The number of aromatic nitrogens is 1. The minimum Gasteiger partial charge on any atom is -0.618 e. The molecule has 0 bridgehead atoms. The lowest BCUT2D eigenvalue weighted by atomic mass is 10.1. The van der Waals surface area contributed by atoms with Crippen molar-refractivity contribution in [2.75, 3.05) is 0 Å². The van der Waals surface area contributed by atoms with Crippen molar-refractivity contribution in [3.8, 4) is 0 Å². The molecule has 0 aromatic carbocycles. The molecule has 0 aliphatic carbocycles. The molecular formula is C9H11NO2. The Morgan fingerprint density at radius 3 is 2.50 bits per heavy atom. The number of ketones is 1. The summed E-state index contributed by atoms with van der Waals surface area (Å²) in [7, 11) is 0. The van der Waals surface area contributed by atoms with Crippen molar-refractivity contribution < 1.29 is 9.52 Å². The van der Waals surface area contributed by atoms with Crippen LogP contribution in [0.15, 0.2) is 12.3 Å². The monoisotopic (exact) mass is 165 g/mol. The average molecular weight is 165 g/mol. The average Bonchev–Trinajstić information content (AvgIpc) is 1.97. The van der Waals surface area contributed by atoms with Crippen LogP contribution in [-0.4, -0.2) is 5.78 Å². The minimum atomic E-state index is -0.0600. The zero-order valence-electron chi connectivity index (χ0n) is 7.42. The first-order valence-electron chi connectivity index (χ1n) is 3.74. The molecule has 3 nitrogen and oxygen atoms in total. The van der Waals surface area contributed by atoms with Gasteiger partial charge < -0.3 is 5.21 Å². The van der Waals surface area contributed by atoms with Gasteiger partial charge >= 0.3 is 0 Å². The molecule has 0 aliphatic rings. The van der Waals surface area contributed by atoms with E-state index in [1.807, 2.05) is 6.92 Å². The summed E-state index contributed by atoms with van der Waals surface area (Å²) in [6, 6.07) is 1.65. The SMILES string of the molecule is CC(=O)c1c(C)cc[n+]([O-])c1C. The van der Waals surface area contributed by atoms with Gasteiger partial charge in [-0.3, -0.25) is 4.79 Å². The second kappa shape index (κ2) is 2.93. The topological polar surface area (TPSA) is 44.0 Å². The molecule has 3 heteroatoms. The van der Waals surface area contributed by atoms with Gasteiger partial charge in [-0.1, -0.05) is 0 Å². The number of rotatable bonds is 1. The van der Waals surface area contributed by atoms with Gasteiger partial charge in [-0.05, 0) is 19.4 Å². The molecule has 0 spiro atoms. The van der Waals surface area contributed by atoms with Crippen LogP contribution in [0.4, 0.5) is 0 Å². The van der Waals surface area contributed by atoms with Crippen LogP contribution in [0.1, 0.15) is 28.5 Å². The summed E-state index contributed by atoms with van der Waals surface area (Å²) < 4.78 is 0.712. The number of Topliss-reactive ketones (excluding diaryl/α,β-unsaturated/α-hetero) is 1. The Morgan fingerprint density at radius 2 is 2.08 bits per heavy atom. The standard InChI is InChI=1S/C9H11NO2/c1-6-4-5-10(12)7(2)9(6)8(3)11/h4-5H,1-3H3. The van der Waals surface area contributed by atoms with Crippen LogP contribution in [0.3, 0.4) is 0 Å². The molecule has 1 aromatic rings. The second-order valence-corrected chi connectivity index (χ2v) is 2.84. The third kappa shape index (κ3) is 1.30. The van der Waals surface area contributed by atoms with Crippen molar-refractivity contribution >= 4 is 5.78 Å². The molecule has 12 heavy (non-hydrogen) atoms. The number of hydrogen-bond donors (Lipinski definition) is 0. The predicted octanol–water partition coefficient (Wildman–Crippen LogP) is 1.14. The minimum absolute atomic E-state index is 0.0600. The molecule has 1 rings (SSSR count). The van der Waals surface area contributed by atoms with Gasteiger partial charge in [0.1, 0.15) is 0 Å². The first kappa shape index (κ1) is 8.71. The number of aryl methyl sites for hydroxylation is 1. The molecule has 0 atom stereocenters. The van der Waals surface area contributed by atoms with Crippen molar-refractivity contribution in [1.82, 2.24) is 0 Å². The van der Waals surface area contributed by atoms with E-state index in [0.29, 0.717) is 16.0 Å². The molecule has 0 saturated carbocycles. The van der Waals surface area contributed by atoms with Gasteiger partial charge in [0, 0.05) is 13.0 Å². The van der Waals surface area contributed by atoms with E-state index in [4.69, 9.17) is 0 Å². The number of hydrogen-bond acceptors (Lipinski definition) is 2. The van der Waals surface area contributed by atoms with E-state index in [-0.39, 0.29) is 5.78 Å². The molecule has 1 aromatic heterocycles. The zero-order valence-corrected chi connectivity index (χ0v) is 7.42. The summed E-state index contributed by atoms with van der Waals surface area (Å²) in [6.07, 6.45) is 1.41. The lowest BCUT2D eigenvalue weighted by molar-refractivity contribution is -0.612. The summed E-state index contributed by atoms with van der Waals surface area (Å²) >= 11 is 0. The first-order chi connectivity index (χ1) is 5.54. The van der Waals surface area contributed by atoms with Gasteiger partial charge in [-0.2, -0.15) is 4.73 Å². The zero-order chi connectivity index (χ0) is 9.30. The van der Waals surface area contributed by atoms with Crippen molar-refractivity contribution in [3.05, 3.63) is 34.3 Å². The Hall–Kier alpha value is -1.38. The molecular weight excluding hydrogens is 154 g/mol. The fraction of sp³-hybridized carbons (Fsp3) is 0.333. The Balaban J connectivity index is 3.43. The van der Waals surface area contributed by atoms with E-state index in [9.17, 15) is 10.0 Å². The molecule has 0 fully saturated rings. The maximum Gasteiger partial charge on any atom is 0.200 e. The summed E-state index contributed by atoms with van der Waals surface area (Å²) in [6.45, 7) is 4.94. The fourth-order valence-corrected chi connectivity index (χ4v) is 1.30. The third-order valence-corrected chi connectivity index (χ3v) is 1.90. The van der Waals surface area contributed by atoms with E-state index >= 15 is 0 Å². The third-order valence-electron chi connectivity index (χ3n) is 1.90. The highest BCUT2D eigenvalue weighted by molar-refractivity contribution is 5.96. The normalized spacial score (nSPS) is 9.92. The van der Waals surface area contributed by atoms with Gasteiger partial charge in [-0.15, -0.1) is 0 Å². The highest BCUT2D eigenvalue weighted by Gasteiger charge is 2.13. The van der Waals surface area contributed by atoms with Crippen LogP contribution in [0.2, 0.25) is 0 Å². The van der Waals surface area contributed by atoms with E-state index in [2.05, 4.69) is 0 Å². The van der Waals surface area contributed by atoms with Crippen molar-refractivity contribution in [2.45, 2.75) is 20.8 Å². The number of pyridine rings is 1. The molecule has 1 heterocycles. The lowest BCUT2D eigenvalue weighted by Gasteiger charge is -2.05. The van der Waals surface area contributed by atoms with Gasteiger partial charge in [0.15, 0.2) is 12.0 Å². The molecule has 0 amide bonds. The molecule has 0 N–H and O–H groups in total. The van der Waals surface area contributed by atoms with Crippen molar-refractivity contribution in [3.63, 3.8) is 0 Å². The van der Waals surface area contributed by atoms with Crippen LogP contribution in [0.5, 0.6) is 0 Å². The maximum atomic E-state index is 11.1. The molecule has 0 unspecified atom stereocenters. The Kier molecular flexibility index (Phi) is 2.13. The van der Waals surface area contributed by atoms with Crippen LogP contribution >= 0.6 is 0 Å². The summed E-state index contributed by atoms with van der Waals surface area (Å²) in [4.78, 5) is 11.1. The molecule has 0 radical (unpaired) electrons. The van der Waals surface area contributed by atoms with Gasteiger partial charge in [0.05, 0.1) is 5.56 Å². The quantitative estimate of drug-likeness (QED) is 0.356. The van der Waals surface area contributed by atoms with Gasteiger partial charge in [-0.25, -0.2) is 0 Å². The Bertz CT molecular complexity index is 332. The predicted molar refractivity (Wildman–Crippen MR) is 44.9 cm³/mol. The number of nitrogens with zero attached hydrogens (tertiary/aromatic N) is 1. The Labute approximate surface area is 71.2 Å². The maximum absolute atomic E-state index is 11.1. The van der Waals surface area contributed by atoms with E-state index in [1.165, 1.54) is 13.1 Å². The van der Waals surface area contributed by atoms with Gasteiger partial charge in [0.25, 0.3) is 0 Å². The number of carbonyl (C=O) groups is 1. The van der Waals surface area contributed by atoms with Crippen molar-refractivity contribution in [1.29, 1.82) is 0 Å². The molecule has 0 aliphatic heterocycles. The van der Waals surface area contributed by atoms with Crippen LogP contribution in [0.25, 0.3) is 0 Å². The van der Waals surface area contributed by atoms with E-state index in [0.717, 1.165) is 5.56 Å². The fourth-order valence-electron chi connectivity index (χ4n) is 1.30. The van der Waals surface area contributed by atoms with E-state index < -0.39 is 0 Å². The summed E-state index contributed by atoms with van der Waals surface area (Å²) in [5, 5.41) is 11.1. The Morgan fingerprint density at radius 1 is 1.50 bits per heavy atom. The summed E-state index contributed by atoms with van der Waals surface area (Å²) in [5.74, 6) is -0.0600. The van der Waals surface area contributed by atoms with Crippen LogP contribution in [-0.2, 0) is 0 Å². The largest absolute Gasteiger partial charge is 0.618 e. The number of carbonyl (C=O) groups excluding carboxylic acids is 1. The summed E-state index contributed by atoms with van der Waals surface area (Å²) in [5.41, 5.74) is 1.86. The van der Waals surface area contributed by atoms with Crippen molar-refractivity contribution in [2.24, 2.45) is 0 Å². The first-order valence-corrected chi connectivity index (χ1v) is 3.74. The molecule has 64 valence electrons. The lowest BCUT2D eigenvalue weighted by Crippen LogP contribution is -2.31.